The second kappa shape index (κ2) is 6.38. The Morgan fingerprint density at radius 2 is 2.18 bits per heavy atom. The van der Waals surface area contributed by atoms with Gasteiger partial charge < -0.3 is 5.98 Å². The molecule has 0 aromatic heterocycles. The zero-order valence-electron chi connectivity index (χ0n) is 8.46. The third kappa shape index (κ3) is 8.76. The summed E-state index contributed by atoms with van der Waals surface area (Å²) in [5, 5.41) is 0. The predicted octanol–water partition coefficient (Wildman–Crippen LogP) is -1.07. The first-order valence-electron chi connectivity index (χ1n) is 3.16. The van der Waals surface area contributed by atoms with E-state index < -0.39 is 11.1 Å². The molecule has 4 heteroatoms. The molecule has 0 aliphatic carbocycles. The third-order valence-electron chi connectivity index (χ3n) is 1.21. The fourth-order valence-corrected chi connectivity index (χ4v) is 1.57. The van der Waals surface area contributed by atoms with Gasteiger partial charge in [0.2, 0.25) is 0 Å². The summed E-state index contributed by atoms with van der Waals surface area (Å²) in [6.45, 7) is 7.47. The van der Waals surface area contributed by atoms with Gasteiger partial charge in [-0.15, -0.1) is 6.58 Å². The van der Waals surface area contributed by atoms with E-state index in [4.69, 9.17) is 4.55 Å². The maximum atomic E-state index is 10.4. The molecule has 0 aliphatic heterocycles. The second-order valence-electron chi connectivity index (χ2n) is 3.12. The molecular formula is C7H15NaO2S. The van der Waals surface area contributed by atoms with Crippen LogP contribution in [0.2, 0.25) is 0 Å². The summed E-state index contributed by atoms with van der Waals surface area (Å²) in [4.78, 5) is 0. The molecule has 0 aromatic carbocycles. The zero-order valence-corrected chi connectivity index (χ0v) is 10.3. The van der Waals surface area contributed by atoms with E-state index >= 15 is 0 Å². The Kier molecular flexibility index (Phi) is 8.33. The van der Waals surface area contributed by atoms with Crippen LogP contribution < -0.4 is 29.6 Å². The average Bonchev–Trinajstić information content (AvgIpc) is 1.59. The van der Waals surface area contributed by atoms with Crippen molar-refractivity contribution in [1.82, 2.24) is 0 Å². The van der Waals surface area contributed by atoms with Gasteiger partial charge in [0, 0.05) is 0 Å². The van der Waals surface area contributed by atoms with Gasteiger partial charge in [0.1, 0.15) is 0 Å². The number of allylic oxidation sites excluding steroid dienone is 1. The molecule has 1 atom stereocenters. The molecule has 0 amide bonds. The minimum absolute atomic E-state index is 0. The second-order valence-corrected chi connectivity index (χ2v) is 4.05. The fraction of sp³-hybridized carbons (Fsp3) is 0.714. The summed E-state index contributed by atoms with van der Waals surface area (Å²) in [6.07, 6.45) is 2.55. The molecule has 0 aromatic rings. The smallest absolute Gasteiger partial charge is 1.00 e. The standard InChI is InChI=1S/C7H14O2S.Na.H/c1-4-5-7(2,3)6-10(8)9;;/h4H,1,5-6H2,2-3H3,(H,8,9);;/q;+1;-1. The van der Waals surface area contributed by atoms with Crippen LogP contribution in [-0.4, -0.2) is 14.5 Å². The molecule has 0 heterocycles. The Balaban J connectivity index is -0.000000405. The van der Waals surface area contributed by atoms with E-state index in [1.165, 1.54) is 0 Å². The van der Waals surface area contributed by atoms with Gasteiger partial charge in [-0.2, -0.15) is 0 Å². The molecule has 2 nitrogen and oxygen atoms in total. The summed E-state index contributed by atoms with van der Waals surface area (Å²) < 4.78 is 18.9. The maximum absolute atomic E-state index is 10.4. The van der Waals surface area contributed by atoms with Crippen molar-refractivity contribution < 1.29 is 39.7 Å². The van der Waals surface area contributed by atoms with Crippen molar-refractivity contribution in [2.75, 3.05) is 5.75 Å². The van der Waals surface area contributed by atoms with Crippen molar-refractivity contribution in [3.8, 4) is 0 Å². The van der Waals surface area contributed by atoms with Crippen molar-refractivity contribution in [2.45, 2.75) is 20.3 Å². The van der Waals surface area contributed by atoms with Crippen LogP contribution in [0.5, 0.6) is 0 Å². The minimum Gasteiger partial charge on any atom is -1.00 e. The van der Waals surface area contributed by atoms with Crippen LogP contribution >= 0.6 is 0 Å². The van der Waals surface area contributed by atoms with Crippen molar-refractivity contribution in [3.05, 3.63) is 12.7 Å². The molecule has 11 heavy (non-hydrogen) atoms. The van der Waals surface area contributed by atoms with Crippen LogP contribution in [0.25, 0.3) is 0 Å². The molecule has 0 fully saturated rings. The molecule has 0 spiro atoms. The topological polar surface area (TPSA) is 37.3 Å². The van der Waals surface area contributed by atoms with Crippen molar-refractivity contribution >= 4 is 11.1 Å². The molecule has 0 aliphatic rings. The van der Waals surface area contributed by atoms with E-state index in [9.17, 15) is 4.21 Å². The van der Waals surface area contributed by atoms with E-state index in [1.807, 2.05) is 13.8 Å². The van der Waals surface area contributed by atoms with Crippen molar-refractivity contribution in [3.63, 3.8) is 0 Å². The third-order valence-corrected chi connectivity index (χ3v) is 2.24. The van der Waals surface area contributed by atoms with Crippen LogP contribution in [0.1, 0.15) is 21.7 Å². The van der Waals surface area contributed by atoms with Gasteiger partial charge in [-0.25, -0.2) is 4.21 Å². The largest absolute Gasteiger partial charge is 1.00 e. The Morgan fingerprint density at radius 3 is 2.45 bits per heavy atom. The Bertz CT molecular complexity index is 150. The first-order valence-corrected chi connectivity index (χ1v) is 4.44. The van der Waals surface area contributed by atoms with Gasteiger partial charge >= 0.3 is 29.6 Å². The van der Waals surface area contributed by atoms with Crippen molar-refractivity contribution in [1.29, 1.82) is 0 Å². The Morgan fingerprint density at radius 1 is 1.73 bits per heavy atom. The molecule has 1 N–H and O–H groups in total. The Hall–Kier alpha value is 0.850. The molecule has 1 unspecified atom stereocenters. The van der Waals surface area contributed by atoms with Crippen LogP contribution in [0.3, 0.4) is 0 Å². The number of rotatable bonds is 4. The van der Waals surface area contributed by atoms with Crippen LogP contribution in [0.4, 0.5) is 0 Å². The quantitative estimate of drug-likeness (QED) is 0.345. The van der Waals surface area contributed by atoms with E-state index in [-0.39, 0.29) is 36.4 Å². The van der Waals surface area contributed by atoms with Gasteiger partial charge in [-0.1, -0.05) is 19.9 Å². The van der Waals surface area contributed by atoms with Gasteiger partial charge in [0.05, 0.1) is 5.75 Å². The van der Waals surface area contributed by atoms with Crippen LogP contribution in [-0.2, 0) is 11.1 Å². The SMILES string of the molecule is C=CCC(C)(C)CS(=O)O.[H-].[Na+]. The molecule has 0 radical (unpaired) electrons. The Labute approximate surface area is 94.5 Å². The van der Waals surface area contributed by atoms with Gasteiger partial charge in [-0.05, 0) is 11.8 Å². The first-order chi connectivity index (χ1) is 4.48. The van der Waals surface area contributed by atoms with Crippen LogP contribution in [0.15, 0.2) is 12.7 Å². The van der Waals surface area contributed by atoms with E-state index in [0.29, 0.717) is 5.75 Å². The molecule has 0 bridgehead atoms. The van der Waals surface area contributed by atoms with E-state index in [0.717, 1.165) is 6.42 Å². The zero-order chi connectivity index (χ0) is 8.20. The molecule has 0 saturated carbocycles. The summed E-state index contributed by atoms with van der Waals surface area (Å²) in [5.74, 6) is 0.318. The monoisotopic (exact) mass is 186 g/mol. The van der Waals surface area contributed by atoms with Gasteiger partial charge in [0.15, 0.2) is 11.1 Å². The summed E-state index contributed by atoms with van der Waals surface area (Å²) in [6, 6.07) is 0. The van der Waals surface area contributed by atoms with Gasteiger partial charge in [-0.3, -0.25) is 0 Å². The molecule has 62 valence electrons. The van der Waals surface area contributed by atoms with Crippen molar-refractivity contribution in [2.24, 2.45) is 5.41 Å². The van der Waals surface area contributed by atoms with E-state index in [2.05, 4.69) is 6.58 Å². The molecular weight excluding hydrogens is 171 g/mol. The molecule has 0 saturated heterocycles. The summed E-state index contributed by atoms with van der Waals surface area (Å²) in [5.41, 5.74) is -0.0959. The van der Waals surface area contributed by atoms with Crippen LogP contribution in [0, 0.1) is 5.41 Å². The maximum Gasteiger partial charge on any atom is 1.00 e. The number of hydrogen-bond acceptors (Lipinski definition) is 1. The number of hydrogen-bond donors (Lipinski definition) is 1. The average molecular weight is 186 g/mol. The summed E-state index contributed by atoms with van der Waals surface area (Å²) in [7, 11) is 0. The van der Waals surface area contributed by atoms with E-state index in [1.54, 1.807) is 6.08 Å². The summed E-state index contributed by atoms with van der Waals surface area (Å²) >= 11 is -1.68. The predicted molar refractivity (Wildman–Crippen MR) is 45.3 cm³/mol. The fourth-order valence-electron chi connectivity index (χ4n) is 0.784. The minimum atomic E-state index is -1.68. The normalized spacial score (nSPS) is 13.4. The molecule has 0 rings (SSSR count). The first kappa shape index (κ1) is 14.4. The van der Waals surface area contributed by atoms with Gasteiger partial charge in [0.25, 0.3) is 0 Å².